The van der Waals surface area contributed by atoms with Gasteiger partial charge >= 0.3 is 0 Å². The third-order valence-electron chi connectivity index (χ3n) is 14.1. The van der Waals surface area contributed by atoms with Crippen molar-refractivity contribution in [2.45, 2.75) is 122 Å². The molecule has 72 heavy (non-hydrogen) atoms. The van der Waals surface area contributed by atoms with Crippen LogP contribution in [0.25, 0.3) is 0 Å². The number of nitrogens with zero attached hydrogens (tertiary/aromatic N) is 4. The lowest BCUT2D eigenvalue weighted by Gasteiger charge is -2.42. The molecule has 0 fully saturated rings. The number of methoxy groups -OCH3 is 2. The molecule has 5 aromatic rings. The number of aliphatic imine (C=N–C) groups is 1. The molecule has 14 heteroatoms. The number of benzene rings is 5. The largest absolute Gasteiger partial charge is 0.493 e. The number of amides is 2. The first-order valence-electron chi connectivity index (χ1n) is 25.0. The van der Waals surface area contributed by atoms with Crippen molar-refractivity contribution in [2.24, 2.45) is 4.99 Å². The summed E-state index contributed by atoms with van der Waals surface area (Å²) in [5, 5.41) is 3.57. The van der Waals surface area contributed by atoms with Crippen molar-refractivity contribution < 1.29 is 33.3 Å². The Bertz CT molecular complexity index is 2860. The normalized spacial score (nSPS) is 16.9. The van der Waals surface area contributed by atoms with E-state index in [2.05, 4.69) is 95.3 Å². The highest BCUT2D eigenvalue weighted by Crippen LogP contribution is 2.44. The molecule has 1 N–H and O–H groups in total. The lowest BCUT2D eigenvalue weighted by molar-refractivity contribution is -0.00988. The van der Waals surface area contributed by atoms with E-state index in [1.165, 1.54) is 5.56 Å². The second-order valence-electron chi connectivity index (χ2n) is 21.3. The zero-order chi connectivity index (χ0) is 51.0. The van der Waals surface area contributed by atoms with Crippen LogP contribution in [-0.2, 0) is 30.8 Å². The number of anilines is 4. The SMILES string of the molecule is COc1cc2c(cc1OCc1cc(COc3cc4c(cc3OC)C(=O)N3c5ccccc5C[C@H]3CN4)cc(N(CCCC(C)(C)SSC)C(C)(C)CCOC(C)(C)C)c1)N=C[C@@H]1Cc3ccccc3N1C2=O. The highest BCUT2D eigenvalue weighted by atomic mass is 33.1. The molecule has 9 rings (SSSR count). The molecule has 4 aliphatic heterocycles. The Hall–Kier alpha value is -5.83. The van der Waals surface area contributed by atoms with Gasteiger partial charge in [-0.15, -0.1) is 0 Å². The predicted octanol–water partition coefficient (Wildman–Crippen LogP) is 12.5. The fourth-order valence-electron chi connectivity index (χ4n) is 10.4. The molecule has 12 nitrogen and oxygen atoms in total. The molecule has 4 heterocycles. The standard InChI is InChI=1S/C58H69N5O7S2/c1-56(2,3)70-23-21-57(4,5)61(22-15-20-58(6,7)72-71-10)41-25-37(35-68-52-31-46-44(29-50(52)66-8)54(64)62-42(33-59-46)27-39-16-11-13-18-48(39)62)24-38(26-41)36-69-53-32-47-45(30-51(53)67-9)55(65)63-43(34-60-47)28-40-17-12-14-19-49(40)63/h11-14,16-19,24-26,29-33,42-43,60H,15,20-23,27-28,34-36H2,1-10H3/t42-,43-/m0/s1. The first kappa shape index (κ1) is 51.1. The summed E-state index contributed by atoms with van der Waals surface area (Å²) in [4.78, 5) is 39.6. The van der Waals surface area contributed by atoms with E-state index in [1.807, 2.05) is 86.1 Å². The van der Waals surface area contributed by atoms with Gasteiger partial charge in [0, 0.05) is 71.8 Å². The molecule has 0 saturated heterocycles. The Balaban J connectivity index is 1.04. The van der Waals surface area contributed by atoms with Gasteiger partial charge in [0.05, 0.1) is 54.4 Å². The quantitative estimate of drug-likeness (QED) is 0.0798. The first-order valence-corrected chi connectivity index (χ1v) is 27.6. The van der Waals surface area contributed by atoms with Crippen molar-refractivity contribution in [1.82, 2.24) is 0 Å². The van der Waals surface area contributed by atoms with E-state index >= 15 is 0 Å². The molecule has 380 valence electrons. The first-order chi connectivity index (χ1) is 34.5. The highest BCUT2D eigenvalue weighted by Gasteiger charge is 2.39. The van der Waals surface area contributed by atoms with Crippen LogP contribution < -0.4 is 39.0 Å². The molecule has 2 atom stereocenters. The molecule has 0 radical (unpaired) electrons. The molecular weight excluding hydrogens is 943 g/mol. The molecule has 0 aromatic heterocycles. The van der Waals surface area contributed by atoms with Gasteiger partial charge in [0.2, 0.25) is 0 Å². The maximum absolute atomic E-state index is 14.3. The van der Waals surface area contributed by atoms with E-state index < -0.39 is 0 Å². The molecule has 0 spiro atoms. The van der Waals surface area contributed by atoms with Crippen LogP contribution in [-0.4, -0.2) is 86.2 Å². The van der Waals surface area contributed by atoms with Crippen molar-refractivity contribution in [3.8, 4) is 23.0 Å². The van der Waals surface area contributed by atoms with Gasteiger partial charge in [-0.25, -0.2) is 0 Å². The van der Waals surface area contributed by atoms with Gasteiger partial charge in [-0.1, -0.05) is 58.0 Å². The molecule has 0 bridgehead atoms. The van der Waals surface area contributed by atoms with Crippen LogP contribution in [0.1, 0.15) is 111 Å². The second-order valence-corrected chi connectivity index (χ2v) is 24.4. The molecular formula is C58H69N5O7S2. The summed E-state index contributed by atoms with van der Waals surface area (Å²) in [6, 6.07) is 29.8. The maximum Gasteiger partial charge on any atom is 0.261 e. The van der Waals surface area contributed by atoms with Crippen LogP contribution in [0.15, 0.2) is 96.0 Å². The zero-order valence-corrected chi connectivity index (χ0v) is 45.1. The van der Waals surface area contributed by atoms with Crippen LogP contribution in [0.2, 0.25) is 0 Å². The zero-order valence-electron chi connectivity index (χ0n) is 43.4. The Labute approximate surface area is 433 Å². The molecule has 0 unspecified atom stereocenters. The van der Waals surface area contributed by atoms with E-state index in [-0.39, 0.29) is 53.0 Å². The average molecular weight is 1010 g/mol. The summed E-state index contributed by atoms with van der Waals surface area (Å²) in [6.45, 7) is 18.0. The summed E-state index contributed by atoms with van der Waals surface area (Å²) in [6.07, 6.45) is 8.33. The number of fused-ring (bicyclic) bond motifs is 8. The van der Waals surface area contributed by atoms with Gasteiger partial charge in [-0.2, -0.15) is 0 Å². The van der Waals surface area contributed by atoms with Crippen molar-refractivity contribution in [2.75, 3.05) is 60.2 Å². The van der Waals surface area contributed by atoms with Crippen LogP contribution in [0.3, 0.4) is 0 Å². The van der Waals surface area contributed by atoms with Gasteiger partial charge in [-0.05, 0) is 145 Å². The smallest absolute Gasteiger partial charge is 0.261 e. The van der Waals surface area contributed by atoms with E-state index in [0.717, 1.165) is 66.0 Å². The van der Waals surface area contributed by atoms with E-state index in [0.29, 0.717) is 65.1 Å². The topological polar surface area (TPSA) is 114 Å². The number of carbonyl (C=O) groups is 2. The Morgan fingerprint density at radius 3 is 1.99 bits per heavy atom. The summed E-state index contributed by atoms with van der Waals surface area (Å²) >= 11 is 0. The van der Waals surface area contributed by atoms with Gasteiger partial charge in [-0.3, -0.25) is 19.5 Å². The second kappa shape index (κ2) is 21.0. The Kier molecular flexibility index (Phi) is 14.9. The molecule has 2 amide bonds. The molecule has 0 saturated carbocycles. The summed E-state index contributed by atoms with van der Waals surface area (Å²) in [5.41, 5.74) is 8.75. The van der Waals surface area contributed by atoms with Crippen molar-refractivity contribution >= 4 is 68.1 Å². The third kappa shape index (κ3) is 10.9. The summed E-state index contributed by atoms with van der Waals surface area (Å²) in [7, 11) is 6.93. The van der Waals surface area contributed by atoms with Crippen molar-refractivity contribution in [3.63, 3.8) is 0 Å². The van der Waals surface area contributed by atoms with Gasteiger partial charge in [0.1, 0.15) is 13.2 Å². The summed E-state index contributed by atoms with van der Waals surface area (Å²) in [5.74, 6) is 1.75. The summed E-state index contributed by atoms with van der Waals surface area (Å²) < 4.78 is 31.7. The Morgan fingerprint density at radius 2 is 1.33 bits per heavy atom. The number of hydrogen-bond acceptors (Lipinski definition) is 12. The third-order valence-corrected chi connectivity index (χ3v) is 16.7. The van der Waals surface area contributed by atoms with Crippen molar-refractivity contribution in [1.29, 1.82) is 0 Å². The predicted molar refractivity (Wildman–Crippen MR) is 295 cm³/mol. The van der Waals surface area contributed by atoms with Crippen LogP contribution in [0.4, 0.5) is 28.4 Å². The number of para-hydroxylation sites is 2. The number of hydrogen-bond donors (Lipinski definition) is 1. The van der Waals surface area contributed by atoms with Crippen LogP contribution in [0, 0.1) is 0 Å². The minimum Gasteiger partial charge on any atom is -0.493 e. The fourth-order valence-corrected chi connectivity index (χ4v) is 12.7. The molecule has 5 aromatic carbocycles. The van der Waals surface area contributed by atoms with Gasteiger partial charge < -0.3 is 38.8 Å². The van der Waals surface area contributed by atoms with E-state index in [4.69, 9.17) is 28.7 Å². The molecule has 0 aliphatic carbocycles. The maximum atomic E-state index is 14.3. The number of nitrogens with one attached hydrogen (secondary N) is 1. The van der Waals surface area contributed by atoms with E-state index in [1.54, 1.807) is 26.4 Å². The van der Waals surface area contributed by atoms with E-state index in [9.17, 15) is 9.59 Å². The number of ether oxygens (including phenoxy) is 5. The average Bonchev–Trinajstić information content (AvgIpc) is 3.84. The lowest BCUT2D eigenvalue weighted by Crippen LogP contribution is -2.46. The lowest BCUT2D eigenvalue weighted by atomic mass is 9.95. The van der Waals surface area contributed by atoms with Crippen molar-refractivity contribution in [3.05, 3.63) is 124 Å². The number of carbonyl (C=O) groups excluding carboxylic acids is 2. The minimum atomic E-state index is -0.299. The monoisotopic (exact) mass is 1010 g/mol. The Morgan fingerprint density at radius 1 is 0.722 bits per heavy atom. The van der Waals surface area contributed by atoms with Crippen LogP contribution in [0.5, 0.6) is 23.0 Å². The molecule has 4 aliphatic rings. The minimum absolute atomic E-state index is 0.000450. The van der Waals surface area contributed by atoms with Gasteiger partial charge in [0.25, 0.3) is 11.8 Å². The number of rotatable bonds is 19. The van der Waals surface area contributed by atoms with Crippen LogP contribution >= 0.6 is 21.6 Å². The fraction of sp³-hybridized carbons (Fsp3) is 0.431. The highest BCUT2D eigenvalue weighted by molar-refractivity contribution is 8.76. The van der Waals surface area contributed by atoms with Gasteiger partial charge in [0.15, 0.2) is 23.0 Å².